The molecule has 0 unspecified atom stereocenters. The highest BCUT2D eigenvalue weighted by Crippen LogP contribution is 2.18. The normalized spacial score (nSPS) is 10.3. The van der Waals surface area contributed by atoms with Crippen LogP contribution in [-0.2, 0) is 4.79 Å². The Kier molecular flexibility index (Phi) is 6.78. The van der Waals surface area contributed by atoms with Crippen molar-refractivity contribution in [3.05, 3.63) is 64.2 Å². The number of amides is 2. The Morgan fingerprint density at radius 2 is 1.65 bits per heavy atom. The van der Waals surface area contributed by atoms with E-state index in [2.05, 4.69) is 16.7 Å². The van der Waals surface area contributed by atoms with Crippen LogP contribution in [0.5, 0.6) is 5.75 Å². The molecular weight excluding hydrogens is 328 g/mol. The van der Waals surface area contributed by atoms with Gasteiger partial charge in [0.05, 0.1) is 13.1 Å². The van der Waals surface area contributed by atoms with E-state index in [1.807, 2.05) is 52.0 Å². The molecule has 0 atom stereocenters. The van der Waals surface area contributed by atoms with Crippen molar-refractivity contribution >= 4 is 11.8 Å². The van der Waals surface area contributed by atoms with Gasteiger partial charge in [-0.05, 0) is 62.6 Å². The highest BCUT2D eigenvalue weighted by Gasteiger charge is 2.09. The molecule has 5 nitrogen and oxygen atoms in total. The number of ether oxygens (including phenoxy) is 1. The monoisotopic (exact) mass is 354 g/mol. The summed E-state index contributed by atoms with van der Waals surface area (Å²) in [6, 6.07) is 11.4. The number of hydrogen-bond acceptors (Lipinski definition) is 3. The zero-order valence-corrected chi connectivity index (χ0v) is 15.8. The second kappa shape index (κ2) is 9.04. The number of rotatable bonds is 7. The average Bonchev–Trinajstić information content (AvgIpc) is 2.60. The quantitative estimate of drug-likeness (QED) is 0.752. The molecule has 0 saturated heterocycles. The van der Waals surface area contributed by atoms with Crippen molar-refractivity contribution < 1.29 is 14.3 Å². The summed E-state index contributed by atoms with van der Waals surface area (Å²) in [4.78, 5) is 23.9. The first-order valence-electron chi connectivity index (χ1n) is 8.69. The molecule has 0 radical (unpaired) electrons. The van der Waals surface area contributed by atoms with Gasteiger partial charge < -0.3 is 15.4 Å². The van der Waals surface area contributed by atoms with Crippen LogP contribution in [0.2, 0.25) is 0 Å². The van der Waals surface area contributed by atoms with Crippen LogP contribution in [-0.4, -0.2) is 31.5 Å². The summed E-state index contributed by atoms with van der Waals surface area (Å²) in [5, 5.41) is 5.36. The van der Waals surface area contributed by atoms with Crippen molar-refractivity contribution in [3.63, 3.8) is 0 Å². The third-order valence-corrected chi connectivity index (χ3v) is 4.19. The Morgan fingerprint density at radius 3 is 2.35 bits per heavy atom. The van der Waals surface area contributed by atoms with Gasteiger partial charge in [0, 0.05) is 5.56 Å². The van der Waals surface area contributed by atoms with Gasteiger partial charge >= 0.3 is 0 Å². The third kappa shape index (κ3) is 5.62. The standard InChI is InChI=1S/C21H26N2O3/c1-14-5-8-19(17(4)11-14)26-10-9-22-20(24)13-23-21(25)18-7-6-15(2)16(3)12-18/h5-8,11-12H,9-10,13H2,1-4H3,(H,22,24)(H,23,25). The van der Waals surface area contributed by atoms with E-state index in [0.29, 0.717) is 18.7 Å². The van der Waals surface area contributed by atoms with E-state index < -0.39 is 0 Å². The van der Waals surface area contributed by atoms with Crippen LogP contribution < -0.4 is 15.4 Å². The second-order valence-corrected chi connectivity index (χ2v) is 6.45. The van der Waals surface area contributed by atoms with E-state index in [0.717, 1.165) is 22.4 Å². The molecule has 5 heteroatoms. The summed E-state index contributed by atoms with van der Waals surface area (Å²) in [6.45, 7) is 8.66. The maximum absolute atomic E-state index is 12.1. The predicted octanol–water partition coefficient (Wildman–Crippen LogP) is 2.85. The van der Waals surface area contributed by atoms with Crippen LogP contribution >= 0.6 is 0 Å². The molecule has 0 saturated carbocycles. The zero-order chi connectivity index (χ0) is 19.1. The summed E-state index contributed by atoms with van der Waals surface area (Å²) in [7, 11) is 0. The number of nitrogens with one attached hydrogen (secondary N) is 2. The summed E-state index contributed by atoms with van der Waals surface area (Å²) in [6.07, 6.45) is 0. The van der Waals surface area contributed by atoms with E-state index in [1.165, 1.54) is 5.56 Å². The molecule has 0 aromatic heterocycles. The maximum atomic E-state index is 12.1. The minimum Gasteiger partial charge on any atom is -0.491 e. The van der Waals surface area contributed by atoms with Crippen LogP contribution in [0.1, 0.15) is 32.6 Å². The van der Waals surface area contributed by atoms with Crippen LogP contribution in [0.15, 0.2) is 36.4 Å². The molecule has 0 heterocycles. The first kappa shape index (κ1) is 19.5. The minimum atomic E-state index is -0.255. The number of benzene rings is 2. The number of carbonyl (C=O) groups is 2. The molecule has 2 aromatic carbocycles. The average molecular weight is 354 g/mol. The van der Waals surface area contributed by atoms with Gasteiger partial charge in [0.15, 0.2) is 0 Å². The fraction of sp³-hybridized carbons (Fsp3) is 0.333. The fourth-order valence-corrected chi connectivity index (χ4v) is 2.52. The molecule has 0 aliphatic heterocycles. The summed E-state index contributed by atoms with van der Waals surface area (Å²) < 4.78 is 5.66. The van der Waals surface area contributed by atoms with Gasteiger partial charge in [0.1, 0.15) is 12.4 Å². The van der Waals surface area contributed by atoms with E-state index in [1.54, 1.807) is 6.07 Å². The highest BCUT2D eigenvalue weighted by atomic mass is 16.5. The van der Waals surface area contributed by atoms with E-state index in [9.17, 15) is 9.59 Å². The van der Waals surface area contributed by atoms with Gasteiger partial charge in [-0.2, -0.15) is 0 Å². The molecule has 2 aromatic rings. The summed E-state index contributed by atoms with van der Waals surface area (Å²) in [5.74, 6) is 0.314. The zero-order valence-electron chi connectivity index (χ0n) is 15.8. The number of aryl methyl sites for hydroxylation is 4. The lowest BCUT2D eigenvalue weighted by Crippen LogP contribution is -2.38. The Hall–Kier alpha value is -2.82. The van der Waals surface area contributed by atoms with Crippen LogP contribution in [0.25, 0.3) is 0 Å². The third-order valence-electron chi connectivity index (χ3n) is 4.19. The SMILES string of the molecule is Cc1ccc(OCCNC(=O)CNC(=O)c2ccc(C)c(C)c2)c(C)c1. The van der Waals surface area contributed by atoms with Crippen LogP contribution in [0, 0.1) is 27.7 Å². The molecule has 138 valence electrons. The fourth-order valence-electron chi connectivity index (χ4n) is 2.52. The van der Waals surface area contributed by atoms with Crippen molar-refractivity contribution in [1.29, 1.82) is 0 Å². The first-order valence-corrected chi connectivity index (χ1v) is 8.69. The first-order chi connectivity index (χ1) is 12.4. The minimum absolute atomic E-state index is 0.0602. The molecule has 2 rings (SSSR count). The molecule has 0 aliphatic carbocycles. The smallest absolute Gasteiger partial charge is 0.251 e. The molecule has 2 N–H and O–H groups in total. The molecule has 0 bridgehead atoms. The summed E-state index contributed by atoms with van der Waals surface area (Å²) >= 11 is 0. The Bertz CT molecular complexity index is 800. The molecule has 0 aliphatic rings. The number of hydrogen-bond donors (Lipinski definition) is 2. The van der Waals surface area contributed by atoms with E-state index in [4.69, 9.17) is 4.74 Å². The lowest BCUT2D eigenvalue weighted by atomic mass is 10.1. The molecule has 26 heavy (non-hydrogen) atoms. The molecule has 0 fully saturated rings. The summed E-state index contributed by atoms with van der Waals surface area (Å²) in [5.41, 5.74) is 4.98. The van der Waals surface area contributed by atoms with Crippen molar-refractivity contribution in [2.24, 2.45) is 0 Å². The van der Waals surface area contributed by atoms with Crippen LogP contribution in [0.4, 0.5) is 0 Å². The lowest BCUT2D eigenvalue weighted by Gasteiger charge is -2.11. The van der Waals surface area contributed by atoms with Gasteiger partial charge in [0.25, 0.3) is 5.91 Å². The highest BCUT2D eigenvalue weighted by molar-refractivity contribution is 5.96. The van der Waals surface area contributed by atoms with Crippen molar-refractivity contribution in [2.45, 2.75) is 27.7 Å². The Balaban J connectivity index is 1.70. The van der Waals surface area contributed by atoms with Gasteiger partial charge in [-0.15, -0.1) is 0 Å². The molecule has 2 amide bonds. The Labute approximate surface area is 154 Å². The largest absolute Gasteiger partial charge is 0.491 e. The van der Waals surface area contributed by atoms with Gasteiger partial charge in [-0.1, -0.05) is 23.8 Å². The lowest BCUT2D eigenvalue weighted by molar-refractivity contribution is -0.120. The topological polar surface area (TPSA) is 67.4 Å². The van der Waals surface area contributed by atoms with Gasteiger partial charge in [-0.3, -0.25) is 9.59 Å². The predicted molar refractivity (Wildman–Crippen MR) is 103 cm³/mol. The van der Waals surface area contributed by atoms with Crippen molar-refractivity contribution in [1.82, 2.24) is 10.6 Å². The van der Waals surface area contributed by atoms with Crippen molar-refractivity contribution in [3.8, 4) is 5.75 Å². The second-order valence-electron chi connectivity index (χ2n) is 6.45. The number of carbonyl (C=O) groups excluding carboxylic acids is 2. The van der Waals surface area contributed by atoms with Gasteiger partial charge in [-0.25, -0.2) is 0 Å². The maximum Gasteiger partial charge on any atom is 0.251 e. The van der Waals surface area contributed by atoms with Crippen molar-refractivity contribution in [2.75, 3.05) is 19.7 Å². The van der Waals surface area contributed by atoms with E-state index >= 15 is 0 Å². The van der Waals surface area contributed by atoms with E-state index in [-0.39, 0.29) is 18.4 Å². The van der Waals surface area contributed by atoms with Gasteiger partial charge in [0.2, 0.25) is 5.91 Å². The Morgan fingerprint density at radius 1 is 0.885 bits per heavy atom. The van der Waals surface area contributed by atoms with Crippen LogP contribution in [0.3, 0.4) is 0 Å². The molecule has 0 spiro atoms. The molecular formula is C21H26N2O3.